The van der Waals surface area contributed by atoms with Crippen molar-refractivity contribution in [2.24, 2.45) is 0 Å². The number of amides is 2. The van der Waals surface area contributed by atoms with Crippen molar-refractivity contribution in [3.05, 3.63) is 28.8 Å². The van der Waals surface area contributed by atoms with Crippen molar-refractivity contribution < 1.29 is 14.3 Å². The van der Waals surface area contributed by atoms with Crippen molar-refractivity contribution in [1.82, 2.24) is 15.1 Å². The van der Waals surface area contributed by atoms with E-state index < -0.39 is 0 Å². The quantitative estimate of drug-likeness (QED) is 0.890. The Morgan fingerprint density at radius 2 is 2.21 bits per heavy atom. The molecule has 0 aromatic heterocycles. The van der Waals surface area contributed by atoms with Crippen LogP contribution in [0.5, 0.6) is 5.75 Å². The number of halogens is 1. The van der Waals surface area contributed by atoms with Crippen molar-refractivity contribution in [1.29, 1.82) is 0 Å². The molecule has 0 spiro atoms. The molecule has 2 aliphatic rings. The van der Waals surface area contributed by atoms with Crippen molar-refractivity contribution >= 4 is 23.4 Å². The average molecular weight is 352 g/mol. The predicted octanol–water partition coefficient (Wildman–Crippen LogP) is 1.39. The number of hydrogen-bond donors (Lipinski definition) is 1. The van der Waals surface area contributed by atoms with Gasteiger partial charge in [0, 0.05) is 38.3 Å². The molecule has 0 radical (unpaired) electrons. The van der Waals surface area contributed by atoms with Crippen LogP contribution in [0, 0.1) is 0 Å². The molecule has 1 aromatic carbocycles. The Morgan fingerprint density at radius 1 is 1.38 bits per heavy atom. The normalized spacial score (nSPS) is 21.2. The van der Waals surface area contributed by atoms with E-state index in [0.717, 1.165) is 19.5 Å². The lowest BCUT2D eigenvalue weighted by Crippen LogP contribution is -2.64. The Balaban J connectivity index is 1.70. The Labute approximate surface area is 146 Å². The van der Waals surface area contributed by atoms with Crippen molar-refractivity contribution in [3.63, 3.8) is 0 Å². The average Bonchev–Trinajstić information content (AvgIpc) is 2.60. The van der Waals surface area contributed by atoms with Gasteiger partial charge >= 0.3 is 0 Å². The van der Waals surface area contributed by atoms with Gasteiger partial charge in [-0.15, -0.1) is 0 Å². The number of piperazine rings is 2. The summed E-state index contributed by atoms with van der Waals surface area (Å²) in [5.41, 5.74) is 0.522. The molecule has 0 bridgehead atoms. The van der Waals surface area contributed by atoms with Crippen LogP contribution >= 0.6 is 11.6 Å². The summed E-state index contributed by atoms with van der Waals surface area (Å²) in [7, 11) is 0. The maximum absolute atomic E-state index is 12.7. The van der Waals surface area contributed by atoms with Crippen LogP contribution in [0.2, 0.25) is 5.02 Å². The molecule has 6 nitrogen and oxygen atoms in total. The van der Waals surface area contributed by atoms with Crippen LogP contribution in [0.4, 0.5) is 0 Å². The predicted molar refractivity (Wildman–Crippen MR) is 91.5 cm³/mol. The lowest BCUT2D eigenvalue weighted by Gasteiger charge is -2.43. The van der Waals surface area contributed by atoms with E-state index in [1.165, 1.54) is 0 Å². The molecule has 24 heavy (non-hydrogen) atoms. The lowest BCUT2D eigenvalue weighted by molar-refractivity contribution is -0.131. The van der Waals surface area contributed by atoms with Crippen LogP contribution in [0.15, 0.2) is 18.2 Å². The third-order valence-corrected chi connectivity index (χ3v) is 4.72. The molecule has 0 aliphatic carbocycles. The van der Waals surface area contributed by atoms with Crippen LogP contribution in [-0.4, -0.2) is 67.0 Å². The number of rotatable bonds is 4. The fourth-order valence-electron chi connectivity index (χ4n) is 3.11. The van der Waals surface area contributed by atoms with Gasteiger partial charge in [0.1, 0.15) is 11.8 Å². The van der Waals surface area contributed by atoms with Gasteiger partial charge in [-0.25, -0.2) is 0 Å². The molecule has 2 saturated heterocycles. The number of carbonyl (C=O) groups is 2. The maximum atomic E-state index is 12.7. The van der Waals surface area contributed by atoms with Gasteiger partial charge in [0.15, 0.2) is 0 Å². The van der Waals surface area contributed by atoms with Gasteiger partial charge in [-0.2, -0.15) is 0 Å². The van der Waals surface area contributed by atoms with Crippen LogP contribution in [-0.2, 0) is 4.79 Å². The molecular formula is C17H22ClN3O3. The molecule has 2 aliphatic heterocycles. The first-order valence-corrected chi connectivity index (χ1v) is 8.71. The van der Waals surface area contributed by atoms with Crippen LogP contribution in [0.25, 0.3) is 0 Å². The number of fused-ring (bicyclic) bond motifs is 1. The Bertz CT molecular complexity index is 638. The summed E-state index contributed by atoms with van der Waals surface area (Å²) in [4.78, 5) is 28.6. The van der Waals surface area contributed by atoms with Gasteiger partial charge in [-0.3, -0.25) is 14.5 Å². The zero-order valence-electron chi connectivity index (χ0n) is 13.8. The number of nitrogens with one attached hydrogen (secondary N) is 1. The summed E-state index contributed by atoms with van der Waals surface area (Å²) in [5, 5.41) is 3.29. The van der Waals surface area contributed by atoms with Crippen molar-refractivity contribution in [2.75, 3.05) is 39.3 Å². The highest BCUT2D eigenvalue weighted by molar-refractivity contribution is 6.32. The Morgan fingerprint density at radius 3 is 2.96 bits per heavy atom. The van der Waals surface area contributed by atoms with Crippen molar-refractivity contribution in [3.8, 4) is 5.75 Å². The molecule has 7 heteroatoms. The summed E-state index contributed by atoms with van der Waals surface area (Å²) in [5.74, 6) is 0.489. The van der Waals surface area contributed by atoms with Crippen molar-refractivity contribution in [2.45, 2.75) is 19.4 Å². The standard InChI is InChI=1S/C17H22ClN3O3/c1-2-9-24-15-4-3-12(10-13(15)18)17(23)21-8-7-20-6-5-19-16(22)14(20)11-21/h3-4,10,14H,2,5-9,11H2,1H3,(H,19,22)/t14-/m0/s1. The zero-order chi connectivity index (χ0) is 17.1. The minimum Gasteiger partial charge on any atom is -0.492 e. The second kappa shape index (κ2) is 7.40. The van der Waals surface area contributed by atoms with Gasteiger partial charge in [0.25, 0.3) is 5.91 Å². The van der Waals surface area contributed by atoms with E-state index in [-0.39, 0.29) is 17.9 Å². The molecule has 0 unspecified atom stereocenters. The zero-order valence-corrected chi connectivity index (χ0v) is 14.5. The first kappa shape index (κ1) is 17.0. The minimum atomic E-state index is -0.251. The molecule has 2 heterocycles. The fourth-order valence-corrected chi connectivity index (χ4v) is 3.34. The first-order valence-electron chi connectivity index (χ1n) is 8.33. The Kier molecular flexibility index (Phi) is 5.26. The van der Waals surface area contributed by atoms with Crippen LogP contribution in [0.1, 0.15) is 23.7 Å². The molecular weight excluding hydrogens is 330 g/mol. The van der Waals surface area contributed by atoms with Gasteiger partial charge in [0.05, 0.1) is 11.6 Å². The number of nitrogens with zero attached hydrogens (tertiary/aromatic N) is 2. The van der Waals surface area contributed by atoms with Gasteiger partial charge < -0.3 is 15.0 Å². The second-order valence-electron chi connectivity index (χ2n) is 6.09. The summed E-state index contributed by atoms with van der Waals surface area (Å²) in [6, 6.07) is 4.85. The van der Waals surface area contributed by atoms with E-state index in [4.69, 9.17) is 16.3 Å². The number of hydrogen-bond acceptors (Lipinski definition) is 4. The molecule has 130 valence electrons. The number of carbonyl (C=O) groups excluding carboxylic acids is 2. The highest BCUT2D eigenvalue weighted by Crippen LogP contribution is 2.26. The first-order chi connectivity index (χ1) is 11.6. The molecule has 3 rings (SSSR count). The SMILES string of the molecule is CCCOc1ccc(C(=O)N2CCN3CCNC(=O)[C@@H]3C2)cc1Cl. The second-order valence-corrected chi connectivity index (χ2v) is 6.49. The Hall–Kier alpha value is -1.79. The smallest absolute Gasteiger partial charge is 0.254 e. The highest BCUT2D eigenvalue weighted by atomic mass is 35.5. The number of ether oxygens (including phenoxy) is 1. The van der Waals surface area contributed by atoms with E-state index in [0.29, 0.717) is 42.6 Å². The minimum absolute atomic E-state index is 0.0000888. The van der Waals surface area contributed by atoms with Crippen LogP contribution in [0.3, 0.4) is 0 Å². The van der Waals surface area contributed by atoms with Crippen LogP contribution < -0.4 is 10.1 Å². The highest BCUT2D eigenvalue weighted by Gasteiger charge is 2.36. The third kappa shape index (κ3) is 3.49. The van der Waals surface area contributed by atoms with E-state index in [2.05, 4.69) is 10.2 Å². The molecule has 1 aromatic rings. The third-order valence-electron chi connectivity index (χ3n) is 4.42. The van der Waals surface area contributed by atoms with Gasteiger partial charge in [0.2, 0.25) is 5.91 Å². The van der Waals surface area contributed by atoms with E-state index in [1.54, 1.807) is 23.1 Å². The van der Waals surface area contributed by atoms with E-state index in [9.17, 15) is 9.59 Å². The molecule has 1 N–H and O–H groups in total. The van der Waals surface area contributed by atoms with Gasteiger partial charge in [-0.1, -0.05) is 18.5 Å². The molecule has 0 saturated carbocycles. The monoisotopic (exact) mass is 351 g/mol. The molecule has 2 fully saturated rings. The van der Waals surface area contributed by atoms with E-state index in [1.807, 2.05) is 6.92 Å². The van der Waals surface area contributed by atoms with Gasteiger partial charge in [-0.05, 0) is 24.6 Å². The topological polar surface area (TPSA) is 61.9 Å². The lowest BCUT2D eigenvalue weighted by atomic mass is 10.1. The summed E-state index contributed by atoms with van der Waals surface area (Å²) in [6.07, 6.45) is 0.894. The molecule has 1 atom stereocenters. The number of benzene rings is 1. The summed E-state index contributed by atoms with van der Waals surface area (Å²) < 4.78 is 5.53. The largest absolute Gasteiger partial charge is 0.492 e. The molecule has 2 amide bonds. The summed E-state index contributed by atoms with van der Waals surface area (Å²) in [6.45, 7) is 5.88. The maximum Gasteiger partial charge on any atom is 0.254 e. The van der Waals surface area contributed by atoms with E-state index >= 15 is 0 Å². The summed E-state index contributed by atoms with van der Waals surface area (Å²) >= 11 is 6.21. The fraction of sp³-hybridized carbons (Fsp3) is 0.529.